The number of aromatic amines is 1. The molecule has 0 saturated heterocycles. The molecule has 4 rings (SSSR count). The Bertz CT molecular complexity index is 880. The number of ether oxygens (including phenoxy) is 1. The third-order valence-corrected chi connectivity index (χ3v) is 4.06. The number of hydrogen-bond acceptors (Lipinski definition) is 2. The highest BCUT2D eigenvalue weighted by atomic mass is 16.5. The minimum Gasteiger partial charge on any atom is -0.491 e. The Morgan fingerprint density at radius 1 is 1.09 bits per heavy atom. The van der Waals surface area contributed by atoms with Crippen LogP contribution in [0.2, 0.25) is 0 Å². The predicted molar refractivity (Wildman–Crippen MR) is 86.3 cm³/mol. The van der Waals surface area contributed by atoms with Crippen molar-refractivity contribution in [3.63, 3.8) is 0 Å². The van der Waals surface area contributed by atoms with Crippen LogP contribution < -0.4 is 10.1 Å². The van der Waals surface area contributed by atoms with E-state index in [-0.39, 0.29) is 5.91 Å². The zero-order valence-electron chi connectivity index (χ0n) is 12.3. The number of hydrogen-bond donors (Lipinski definition) is 2. The Morgan fingerprint density at radius 3 is 2.91 bits per heavy atom. The lowest BCUT2D eigenvalue weighted by atomic mass is 9.98. The number of aryl methyl sites for hydroxylation is 1. The van der Waals surface area contributed by atoms with Crippen molar-refractivity contribution in [1.82, 2.24) is 10.3 Å². The fraction of sp³-hybridized carbons (Fsp3) is 0.167. The van der Waals surface area contributed by atoms with E-state index in [4.69, 9.17) is 4.74 Å². The van der Waals surface area contributed by atoms with Crippen LogP contribution in [0.15, 0.2) is 42.6 Å². The number of amides is 1. The monoisotopic (exact) mass is 292 g/mol. The van der Waals surface area contributed by atoms with Gasteiger partial charge in [-0.3, -0.25) is 4.79 Å². The van der Waals surface area contributed by atoms with E-state index in [9.17, 15) is 4.79 Å². The normalized spacial score (nSPS) is 14.1. The SMILES string of the molecule is Cc1cc(-c2ccc3c(c2)C(=O)NCCO3)cc2cc[nH]c12. The Morgan fingerprint density at radius 2 is 2.00 bits per heavy atom. The molecule has 1 aliphatic heterocycles. The molecule has 0 bridgehead atoms. The van der Waals surface area contributed by atoms with Gasteiger partial charge in [-0.25, -0.2) is 0 Å². The third-order valence-electron chi connectivity index (χ3n) is 4.06. The fourth-order valence-electron chi connectivity index (χ4n) is 2.96. The quantitative estimate of drug-likeness (QED) is 0.723. The molecule has 2 heterocycles. The highest BCUT2D eigenvalue weighted by Gasteiger charge is 2.17. The Labute approximate surface area is 128 Å². The zero-order chi connectivity index (χ0) is 15.1. The second-order valence-corrected chi connectivity index (χ2v) is 5.55. The molecule has 3 aromatic rings. The predicted octanol–water partition coefficient (Wildman–Crippen LogP) is 3.27. The molecule has 0 saturated carbocycles. The van der Waals surface area contributed by atoms with Crippen molar-refractivity contribution in [3.05, 3.63) is 53.7 Å². The smallest absolute Gasteiger partial charge is 0.255 e. The van der Waals surface area contributed by atoms with Gasteiger partial charge in [0, 0.05) is 17.1 Å². The number of H-pyrrole nitrogens is 1. The second kappa shape index (κ2) is 4.91. The molecule has 0 spiro atoms. The molecule has 22 heavy (non-hydrogen) atoms. The topological polar surface area (TPSA) is 54.1 Å². The average Bonchev–Trinajstić information content (AvgIpc) is 2.93. The van der Waals surface area contributed by atoms with Gasteiger partial charge in [0.1, 0.15) is 12.4 Å². The van der Waals surface area contributed by atoms with Gasteiger partial charge in [0.15, 0.2) is 0 Å². The van der Waals surface area contributed by atoms with E-state index in [2.05, 4.69) is 35.4 Å². The molecule has 0 radical (unpaired) electrons. The summed E-state index contributed by atoms with van der Waals surface area (Å²) in [5.74, 6) is 0.576. The van der Waals surface area contributed by atoms with E-state index in [0.29, 0.717) is 24.5 Å². The number of benzene rings is 2. The molecule has 0 unspecified atom stereocenters. The highest BCUT2D eigenvalue weighted by Crippen LogP contribution is 2.31. The van der Waals surface area contributed by atoms with Crippen molar-refractivity contribution < 1.29 is 9.53 Å². The number of aromatic nitrogens is 1. The molecule has 2 N–H and O–H groups in total. The van der Waals surface area contributed by atoms with Crippen molar-refractivity contribution in [2.24, 2.45) is 0 Å². The minimum atomic E-state index is -0.0752. The maximum absolute atomic E-state index is 12.1. The zero-order valence-corrected chi connectivity index (χ0v) is 12.3. The highest BCUT2D eigenvalue weighted by molar-refractivity contribution is 5.99. The molecular formula is C18H16N2O2. The fourth-order valence-corrected chi connectivity index (χ4v) is 2.96. The van der Waals surface area contributed by atoms with E-state index in [0.717, 1.165) is 16.6 Å². The Balaban J connectivity index is 1.86. The summed E-state index contributed by atoms with van der Waals surface area (Å²) in [5, 5.41) is 4.02. The lowest BCUT2D eigenvalue weighted by molar-refractivity contribution is 0.0957. The minimum absolute atomic E-state index is 0.0752. The van der Waals surface area contributed by atoms with Gasteiger partial charge in [0.05, 0.1) is 12.1 Å². The summed E-state index contributed by atoms with van der Waals surface area (Å²) >= 11 is 0. The van der Waals surface area contributed by atoms with Crippen LogP contribution in [0, 0.1) is 6.92 Å². The lowest BCUT2D eigenvalue weighted by Gasteiger charge is -2.09. The Hall–Kier alpha value is -2.75. The van der Waals surface area contributed by atoms with Crippen LogP contribution in [0.25, 0.3) is 22.0 Å². The largest absolute Gasteiger partial charge is 0.491 e. The molecule has 4 nitrogen and oxygen atoms in total. The first-order valence-corrected chi connectivity index (χ1v) is 7.35. The summed E-state index contributed by atoms with van der Waals surface area (Å²) in [4.78, 5) is 15.4. The first-order chi connectivity index (χ1) is 10.7. The van der Waals surface area contributed by atoms with Gasteiger partial charge in [-0.05, 0) is 53.9 Å². The van der Waals surface area contributed by atoms with Crippen LogP contribution in [0.4, 0.5) is 0 Å². The van der Waals surface area contributed by atoms with E-state index < -0.39 is 0 Å². The maximum Gasteiger partial charge on any atom is 0.255 e. The summed E-state index contributed by atoms with van der Waals surface area (Å²) in [6.07, 6.45) is 1.94. The van der Waals surface area contributed by atoms with E-state index >= 15 is 0 Å². The van der Waals surface area contributed by atoms with E-state index in [1.165, 1.54) is 10.9 Å². The second-order valence-electron chi connectivity index (χ2n) is 5.55. The molecule has 1 aliphatic rings. The van der Waals surface area contributed by atoms with Crippen LogP contribution in [-0.2, 0) is 0 Å². The third kappa shape index (κ3) is 2.04. The van der Waals surface area contributed by atoms with Crippen LogP contribution in [0.1, 0.15) is 15.9 Å². The Kier molecular flexibility index (Phi) is 2.89. The molecule has 110 valence electrons. The first kappa shape index (κ1) is 13.0. The first-order valence-electron chi connectivity index (χ1n) is 7.35. The summed E-state index contributed by atoms with van der Waals surface area (Å²) < 4.78 is 5.60. The van der Waals surface area contributed by atoms with Crippen molar-refractivity contribution in [2.45, 2.75) is 6.92 Å². The van der Waals surface area contributed by atoms with E-state index in [1.54, 1.807) is 0 Å². The molecule has 1 aromatic heterocycles. The van der Waals surface area contributed by atoms with Crippen molar-refractivity contribution in [3.8, 4) is 16.9 Å². The van der Waals surface area contributed by atoms with Gasteiger partial charge < -0.3 is 15.0 Å². The van der Waals surface area contributed by atoms with Gasteiger partial charge in [0.2, 0.25) is 0 Å². The molecular weight excluding hydrogens is 276 g/mol. The standard InChI is InChI=1S/C18H16N2O2/c1-11-8-14(9-13-4-5-19-17(11)13)12-2-3-16-15(10-12)18(21)20-6-7-22-16/h2-5,8-10,19H,6-7H2,1H3,(H,20,21). The van der Waals surface area contributed by atoms with Crippen LogP contribution >= 0.6 is 0 Å². The van der Waals surface area contributed by atoms with Crippen LogP contribution in [-0.4, -0.2) is 24.0 Å². The number of nitrogens with one attached hydrogen (secondary N) is 2. The lowest BCUT2D eigenvalue weighted by Crippen LogP contribution is -2.24. The van der Waals surface area contributed by atoms with Gasteiger partial charge in [-0.15, -0.1) is 0 Å². The van der Waals surface area contributed by atoms with Gasteiger partial charge >= 0.3 is 0 Å². The van der Waals surface area contributed by atoms with Crippen LogP contribution in [0.5, 0.6) is 5.75 Å². The van der Waals surface area contributed by atoms with E-state index in [1.807, 2.05) is 24.4 Å². The van der Waals surface area contributed by atoms with Crippen molar-refractivity contribution in [1.29, 1.82) is 0 Å². The summed E-state index contributed by atoms with van der Waals surface area (Å²) in [6, 6.07) is 12.1. The van der Waals surface area contributed by atoms with Crippen molar-refractivity contribution >= 4 is 16.8 Å². The molecule has 0 fully saturated rings. The maximum atomic E-state index is 12.1. The average molecular weight is 292 g/mol. The number of rotatable bonds is 1. The molecule has 0 atom stereocenters. The summed E-state index contributed by atoms with van der Waals surface area (Å²) in [7, 11) is 0. The summed E-state index contributed by atoms with van der Waals surface area (Å²) in [6.45, 7) is 3.13. The molecule has 0 aliphatic carbocycles. The molecule has 2 aromatic carbocycles. The van der Waals surface area contributed by atoms with Gasteiger partial charge in [-0.1, -0.05) is 6.07 Å². The van der Waals surface area contributed by atoms with Gasteiger partial charge in [-0.2, -0.15) is 0 Å². The number of fused-ring (bicyclic) bond motifs is 2. The number of carbonyl (C=O) groups is 1. The molecule has 4 heteroatoms. The number of carbonyl (C=O) groups excluding carboxylic acids is 1. The molecule has 1 amide bonds. The van der Waals surface area contributed by atoms with Crippen LogP contribution in [0.3, 0.4) is 0 Å². The van der Waals surface area contributed by atoms with Gasteiger partial charge in [0.25, 0.3) is 5.91 Å². The summed E-state index contributed by atoms with van der Waals surface area (Å²) in [5.41, 5.74) is 5.06. The van der Waals surface area contributed by atoms with Crippen molar-refractivity contribution in [2.75, 3.05) is 13.2 Å².